The van der Waals surface area contributed by atoms with Crippen molar-refractivity contribution in [1.82, 2.24) is 4.90 Å². The van der Waals surface area contributed by atoms with Crippen LogP contribution in [0.4, 0.5) is 0 Å². The number of ether oxygens (including phenoxy) is 4. The van der Waals surface area contributed by atoms with Gasteiger partial charge in [-0.2, -0.15) is 0 Å². The quantitative estimate of drug-likeness (QED) is 0.754. The van der Waals surface area contributed by atoms with Gasteiger partial charge in [-0.3, -0.25) is 9.69 Å². The number of fused-ring (bicyclic) bond motifs is 2. The van der Waals surface area contributed by atoms with E-state index in [2.05, 4.69) is 4.90 Å². The summed E-state index contributed by atoms with van der Waals surface area (Å²) < 4.78 is 22.1. The molecular formula is C21H23NO5. The van der Waals surface area contributed by atoms with Crippen LogP contribution in [0, 0.1) is 0 Å². The number of rotatable bonds is 5. The van der Waals surface area contributed by atoms with Gasteiger partial charge in [-0.1, -0.05) is 12.1 Å². The van der Waals surface area contributed by atoms with Crippen LogP contribution in [0.2, 0.25) is 0 Å². The number of ketones is 1. The molecule has 0 N–H and O–H groups in total. The molecule has 142 valence electrons. The maximum Gasteiger partial charge on any atom is 0.231 e. The van der Waals surface area contributed by atoms with Crippen molar-refractivity contribution < 1.29 is 23.7 Å². The Hall–Kier alpha value is -2.73. The topological polar surface area (TPSA) is 57.2 Å². The van der Waals surface area contributed by atoms with Crippen LogP contribution in [0.15, 0.2) is 30.3 Å². The molecule has 0 amide bonds. The molecule has 0 saturated heterocycles. The lowest BCUT2D eigenvalue weighted by atomic mass is 9.87. The second-order valence-electron chi connectivity index (χ2n) is 6.82. The molecule has 2 aromatic carbocycles. The molecule has 0 aliphatic carbocycles. The van der Waals surface area contributed by atoms with E-state index in [4.69, 9.17) is 18.9 Å². The molecule has 27 heavy (non-hydrogen) atoms. The Bertz CT molecular complexity index is 879. The number of methoxy groups -OCH3 is 2. The maximum absolute atomic E-state index is 13.0. The molecule has 6 nitrogen and oxygen atoms in total. The van der Waals surface area contributed by atoms with Gasteiger partial charge < -0.3 is 18.9 Å². The summed E-state index contributed by atoms with van der Waals surface area (Å²) in [6, 6.07) is 9.22. The largest absolute Gasteiger partial charge is 0.497 e. The Morgan fingerprint density at radius 2 is 2.07 bits per heavy atom. The lowest BCUT2D eigenvalue weighted by molar-refractivity contribution is 0.0925. The molecule has 0 radical (unpaired) electrons. The first-order valence-electron chi connectivity index (χ1n) is 8.99. The van der Waals surface area contributed by atoms with E-state index in [1.165, 1.54) is 0 Å². The Morgan fingerprint density at radius 3 is 2.85 bits per heavy atom. The van der Waals surface area contributed by atoms with Gasteiger partial charge in [0.15, 0.2) is 17.3 Å². The average molecular weight is 369 g/mol. The van der Waals surface area contributed by atoms with E-state index in [1.807, 2.05) is 31.3 Å². The Kier molecular flexibility index (Phi) is 4.66. The summed E-state index contributed by atoms with van der Waals surface area (Å²) in [7, 11) is 5.27. The van der Waals surface area contributed by atoms with Crippen molar-refractivity contribution in [2.24, 2.45) is 0 Å². The maximum atomic E-state index is 13.0. The van der Waals surface area contributed by atoms with E-state index in [-0.39, 0.29) is 18.6 Å². The van der Waals surface area contributed by atoms with Gasteiger partial charge in [0.05, 0.1) is 14.2 Å². The van der Waals surface area contributed by atoms with Gasteiger partial charge in [-0.25, -0.2) is 0 Å². The molecule has 1 atom stereocenters. The minimum atomic E-state index is -0.0862. The molecule has 0 unspecified atom stereocenters. The van der Waals surface area contributed by atoms with Gasteiger partial charge in [-0.15, -0.1) is 0 Å². The smallest absolute Gasteiger partial charge is 0.231 e. The predicted octanol–water partition coefficient (Wildman–Crippen LogP) is 3.23. The Labute approximate surface area is 158 Å². The van der Waals surface area contributed by atoms with E-state index in [0.29, 0.717) is 35.0 Å². The molecule has 0 aromatic heterocycles. The third-order valence-corrected chi connectivity index (χ3v) is 5.32. The summed E-state index contributed by atoms with van der Waals surface area (Å²) in [6.45, 7) is 1.06. The molecule has 0 saturated carbocycles. The number of nitrogens with zero attached hydrogens (tertiary/aromatic N) is 1. The number of carbonyl (C=O) groups is 1. The van der Waals surface area contributed by atoms with E-state index < -0.39 is 0 Å². The van der Waals surface area contributed by atoms with E-state index in [0.717, 1.165) is 24.1 Å². The van der Waals surface area contributed by atoms with Crippen molar-refractivity contribution in [3.63, 3.8) is 0 Å². The Morgan fingerprint density at radius 1 is 1.22 bits per heavy atom. The SMILES string of the molecule is COc1cccc(C(=O)C[C@@H]2c3c(cc4c(c3OC)OCO4)CCN2C)c1. The second-order valence-corrected chi connectivity index (χ2v) is 6.82. The first kappa shape index (κ1) is 17.7. The number of Topliss-reactive ketones (excluding diaryl/α,β-unsaturated/α-hetero) is 1. The monoisotopic (exact) mass is 369 g/mol. The summed E-state index contributed by atoms with van der Waals surface area (Å²) in [5.41, 5.74) is 2.82. The molecule has 2 aromatic rings. The standard InChI is InChI=1S/C21H23NO5/c1-22-8-7-14-10-18-20(27-12-26-18)21(25-3)19(14)16(22)11-17(23)13-5-4-6-15(9-13)24-2/h4-6,9-10,16H,7-8,11-12H2,1-3H3/t16-/m1/s1. The van der Waals surface area contributed by atoms with Crippen molar-refractivity contribution in [2.45, 2.75) is 18.9 Å². The first-order valence-corrected chi connectivity index (χ1v) is 8.99. The van der Waals surface area contributed by atoms with Crippen LogP contribution in [-0.2, 0) is 6.42 Å². The van der Waals surface area contributed by atoms with Crippen molar-refractivity contribution in [2.75, 3.05) is 34.6 Å². The van der Waals surface area contributed by atoms with Gasteiger partial charge in [0.25, 0.3) is 0 Å². The fourth-order valence-corrected chi connectivity index (χ4v) is 3.87. The van der Waals surface area contributed by atoms with Crippen molar-refractivity contribution in [1.29, 1.82) is 0 Å². The lowest BCUT2D eigenvalue weighted by Gasteiger charge is -2.35. The highest BCUT2D eigenvalue weighted by molar-refractivity contribution is 5.97. The van der Waals surface area contributed by atoms with Crippen LogP contribution >= 0.6 is 0 Å². The van der Waals surface area contributed by atoms with Gasteiger partial charge in [0.1, 0.15) is 5.75 Å². The van der Waals surface area contributed by atoms with Gasteiger partial charge in [-0.05, 0) is 37.2 Å². The fourth-order valence-electron chi connectivity index (χ4n) is 3.87. The zero-order chi connectivity index (χ0) is 19.0. The van der Waals surface area contributed by atoms with Crippen molar-refractivity contribution >= 4 is 5.78 Å². The summed E-state index contributed by atoms with van der Waals surface area (Å²) in [5, 5.41) is 0. The number of hydrogen-bond donors (Lipinski definition) is 0. The molecule has 2 heterocycles. The van der Waals surface area contributed by atoms with Crippen LogP contribution in [0.1, 0.15) is 33.9 Å². The summed E-state index contributed by atoms with van der Waals surface area (Å²) in [4.78, 5) is 15.2. The summed E-state index contributed by atoms with van der Waals surface area (Å²) in [5.74, 6) is 2.77. The second kappa shape index (κ2) is 7.12. The minimum absolute atomic E-state index is 0.0679. The number of benzene rings is 2. The lowest BCUT2D eigenvalue weighted by Crippen LogP contribution is -2.34. The average Bonchev–Trinajstić information content (AvgIpc) is 3.16. The first-order chi connectivity index (χ1) is 13.1. The zero-order valence-electron chi connectivity index (χ0n) is 15.8. The van der Waals surface area contributed by atoms with Gasteiger partial charge in [0, 0.05) is 30.1 Å². The highest BCUT2D eigenvalue weighted by Crippen LogP contribution is 2.50. The van der Waals surface area contributed by atoms with Crippen LogP contribution in [0.25, 0.3) is 0 Å². The molecule has 6 heteroatoms. The van der Waals surface area contributed by atoms with Crippen LogP contribution in [0.3, 0.4) is 0 Å². The van der Waals surface area contributed by atoms with Crippen LogP contribution in [0.5, 0.6) is 23.0 Å². The third kappa shape index (κ3) is 3.10. The minimum Gasteiger partial charge on any atom is -0.497 e. The molecule has 0 bridgehead atoms. The predicted molar refractivity (Wildman–Crippen MR) is 100 cm³/mol. The van der Waals surface area contributed by atoms with Crippen LogP contribution in [-0.4, -0.2) is 45.3 Å². The van der Waals surface area contributed by atoms with Crippen molar-refractivity contribution in [3.8, 4) is 23.0 Å². The number of likely N-dealkylation sites (N-methyl/N-ethyl adjacent to an activating group) is 1. The van der Waals surface area contributed by atoms with Gasteiger partial charge >= 0.3 is 0 Å². The number of hydrogen-bond acceptors (Lipinski definition) is 6. The van der Waals surface area contributed by atoms with E-state index in [9.17, 15) is 4.79 Å². The Balaban J connectivity index is 1.71. The molecule has 2 aliphatic heterocycles. The van der Waals surface area contributed by atoms with Crippen LogP contribution < -0.4 is 18.9 Å². The summed E-state index contributed by atoms with van der Waals surface area (Å²) in [6.07, 6.45) is 1.23. The third-order valence-electron chi connectivity index (χ3n) is 5.32. The zero-order valence-corrected chi connectivity index (χ0v) is 15.8. The molecular weight excluding hydrogens is 346 g/mol. The highest BCUT2D eigenvalue weighted by Gasteiger charge is 2.35. The molecule has 2 aliphatic rings. The normalized spacial score (nSPS) is 18.1. The van der Waals surface area contributed by atoms with E-state index >= 15 is 0 Å². The molecule has 0 spiro atoms. The van der Waals surface area contributed by atoms with Gasteiger partial charge in [0.2, 0.25) is 12.5 Å². The number of carbonyl (C=O) groups excluding carboxylic acids is 1. The fraction of sp³-hybridized carbons (Fsp3) is 0.381. The van der Waals surface area contributed by atoms with E-state index in [1.54, 1.807) is 20.3 Å². The molecule has 0 fully saturated rings. The molecule has 4 rings (SSSR count). The van der Waals surface area contributed by atoms with Crippen molar-refractivity contribution in [3.05, 3.63) is 47.0 Å². The highest BCUT2D eigenvalue weighted by atomic mass is 16.7. The summed E-state index contributed by atoms with van der Waals surface area (Å²) >= 11 is 0.